The van der Waals surface area contributed by atoms with Crippen molar-refractivity contribution in [3.63, 3.8) is 0 Å². The molecule has 2 rings (SSSR count). The van der Waals surface area contributed by atoms with Gasteiger partial charge in [-0.15, -0.1) is 0 Å². The molecular weight excluding hydrogens is 326 g/mol. The highest BCUT2D eigenvalue weighted by Crippen LogP contribution is 2.28. The lowest BCUT2D eigenvalue weighted by molar-refractivity contribution is 0.0945. The highest BCUT2D eigenvalue weighted by Gasteiger charge is 2.22. The summed E-state index contributed by atoms with van der Waals surface area (Å²) in [4.78, 5) is 12.4. The summed E-state index contributed by atoms with van der Waals surface area (Å²) in [6.07, 6.45) is 0. The molecule has 0 unspecified atom stereocenters. The Morgan fingerprint density at radius 2 is 1.67 bits per heavy atom. The first-order chi connectivity index (χ1) is 11.4. The monoisotopic (exact) mass is 347 g/mol. The van der Waals surface area contributed by atoms with Crippen LogP contribution in [0.3, 0.4) is 0 Å². The van der Waals surface area contributed by atoms with Gasteiger partial charge in [-0.05, 0) is 35.9 Å². The summed E-state index contributed by atoms with van der Waals surface area (Å²) >= 11 is 5.93. The van der Waals surface area contributed by atoms with E-state index in [9.17, 15) is 4.79 Å². The summed E-state index contributed by atoms with van der Waals surface area (Å²) in [7, 11) is 3.11. The molecule has 0 heterocycles. The van der Waals surface area contributed by atoms with Crippen molar-refractivity contribution in [2.24, 2.45) is 0 Å². The molecule has 0 aliphatic carbocycles. The van der Waals surface area contributed by atoms with Crippen molar-refractivity contribution < 1.29 is 14.3 Å². The number of carbonyl (C=O) groups is 1. The molecule has 0 aliphatic heterocycles. The van der Waals surface area contributed by atoms with Crippen LogP contribution >= 0.6 is 11.6 Å². The molecule has 0 bridgehead atoms. The number of amides is 1. The van der Waals surface area contributed by atoms with Crippen LogP contribution in [0.1, 0.15) is 29.8 Å². The van der Waals surface area contributed by atoms with E-state index in [2.05, 4.69) is 19.2 Å². The van der Waals surface area contributed by atoms with Gasteiger partial charge in [-0.25, -0.2) is 0 Å². The third kappa shape index (κ3) is 4.20. The van der Waals surface area contributed by atoms with Gasteiger partial charge >= 0.3 is 0 Å². The first-order valence-corrected chi connectivity index (χ1v) is 8.01. The topological polar surface area (TPSA) is 47.6 Å². The second-order valence-corrected chi connectivity index (χ2v) is 6.58. The van der Waals surface area contributed by atoms with Gasteiger partial charge in [-0.1, -0.05) is 37.6 Å². The molecule has 0 saturated heterocycles. The third-order valence-electron chi connectivity index (χ3n) is 3.96. The van der Waals surface area contributed by atoms with Crippen molar-refractivity contribution in [1.82, 2.24) is 5.32 Å². The van der Waals surface area contributed by atoms with Crippen LogP contribution in [-0.4, -0.2) is 26.7 Å². The van der Waals surface area contributed by atoms with Gasteiger partial charge in [0.05, 0.1) is 14.2 Å². The highest BCUT2D eigenvalue weighted by atomic mass is 35.5. The van der Waals surface area contributed by atoms with Crippen molar-refractivity contribution in [2.45, 2.75) is 19.3 Å². The molecule has 0 saturated carbocycles. The Kier molecular flexibility index (Phi) is 5.73. The van der Waals surface area contributed by atoms with Crippen LogP contribution in [0.2, 0.25) is 5.02 Å². The summed E-state index contributed by atoms with van der Waals surface area (Å²) < 4.78 is 10.4. The normalized spacial score (nSPS) is 11.0. The Balaban J connectivity index is 2.08. The van der Waals surface area contributed by atoms with Crippen molar-refractivity contribution in [3.8, 4) is 11.5 Å². The molecule has 2 aromatic rings. The number of rotatable bonds is 6. The predicted molar refractivity (Wildman–Crippen MR) is 96.4 cm³/mol. The summed E-state index contributed by atoms with van der Waals surface area (Å²) in [5.41, 5.74) is 1.43. The minimum atomic E-state index is -0.212. The number of halogens is 1. The molecular formula is C19H22ClNO3. The van der Waals surface area contributed by atoms with Crippen LogP contribution in [-0.2, 0) is 5.41 Å². The van der Waals surface area contributed by atoms with Crippen molar-refractivity contribution in [3.05, 3.63) is 58.6 Å². The minimum absolute atomic E-state index is 0.155. The third-order valence-corrected chi connectivity index (χ3v) is 4.21. The van der Waals surface area contributed by atoms with Gasteiger partial charge < -0.3 is 14.8 Å². The number of methoxy groups -OCH3 is 2. The van der Waals surface area contributed by atoms with Crippen LogP contribution in [0, 0.1) is 0 Å². The van der Waals surface area contributed by atoms with Gasteiger partial charge in [0.2, 0.25) is 0 Å². The maximum absolute atomic E-state index is 12.4. The lowest BCUT2D eigenvalue weighted by Crippen LogP contribution is -2.36. The molecule has 0 radical (unpaired) electrons. The van der Waals surface area contributed by atoms with Gasteiger partial charge in [0, 0.05) is 22.5 Å². The van der Waals surface area contributed by atoms with E-state index in [0.29, 0.717) is 28.6 Å². The van der Waals surface area contributed by atoms with Crippen molar-refractivity contribution in [2.75, 3.05) is 20.8 Å². The number of hydrogen-bond acceptors (Lipinski definition) is 3. The molecule has 0 aliphatic rings. The van der Waals surface area contributed by atoms with Crippen LogP contribution in [0.15, 0.2) is 42.5 Å². The maximum atomic E-state index is 12.4. The largest absolute Gasteiger partial charge is 0.493 e. The maximum Gasteiger partial charge on any atom is 0.251 e. The molecule has 4 nitrogen and oxygen atoms in total. The van der Waals surface area contributed by atoms with E-state index in [1.807, 2.05) is 24.3 Å². The molecule has 5 heteroatoms. The zero-order valence-electron chi connectivity index (χ0n) is 14.4. The SMILES string of the molecule is COc1ccc(C(=O)NCC(C)(C)c2ccc(Cl)cc2)cc1OC. The van der Waals surface area contributed by atoms with Gasteiger partial charge in [-0.3, -0.25) is 4.79 Å². The summed E-state index contributed by atoms with van der Waals surface area (Å²) in [5.74, 6) is 0.968. The molecule has 128 valence electrons. The first-order valence-electron chi connectivity index (χ1n) is 7.63. The highest BCUT2D eigenvalue weighted by molar-refractivity contribution is 6.30. The fraction of sp³-hybridized carbons (Fsp3) is 0.316. The number of nitrogens with one attached hydrogen (secondary N) is 1. The second-order valence-electron chi connectivity index (χ2n) is 6.14. The van der Waals surface area contributed by atoms with E-state index in [0.717, 1.165) is 5.56 Å². The smallest absolute Gasteiger partial charge is 0.251 e. The van der Waals surface area contributed by atoms with E-state index in [1.165, 1.54) is 0 Å². The lowest BCUT2D eigenvalue weighted by atomic mass is 9.84. The summed E-state index contributed by atoms with van der Waals surface area (Å²) in [6.45, 7) is 4.65. The average molecular weight is 348 g/mol. The molecule has 0 fully saturated rings. The molecule has 2 aromatic carbocycles. The fourth-order valence-electron chi connectivity index (χ4n) is 2.38. The quantitative estimate of drug-likeness (QED) is 0.857. The van der Waals surface area contributed by atoms with Crippen LogP contribution in [0.5, 0.6) is 11.5 Å². The molecule has 24 heavy (non-hydrogen) atoms. The first kappa shape index (κ1) is 18.1. The van der Waals surface area contributed by atoms with Crippen molar-refractivity contribution in [1.29, 1.82) is 0 Å². The van der Waals surface area contributed by atoms with Gasteiger partial charge in [0.25, 0.3) is 5.91 Å². The predicted octanol–water partition coefficient (Wildman–Crippen LogP) is 4.06. The standard InChI is InChI=1S/C19H22ClNO3/c1-19(2,14-6-8-15(20)9-7-14)12-21-18(22)13-5-10-16(23-3)17(11-13)24-4/h5-11H,12H2,1-4H3,(H,21,22). The van der Waals surface area contributed by atoms with E-state index in [-0.39, 0.29) is 11.3 Å². The van der Waals surface area contributed by atoms with Crippen LogP contribution in [0.4, 0.5) is 0 Å². The molecule has 1 N–H and O–H groups in total. The minimum Gasteiger partial charge on any atom is -0.493 e. The number of hydrogen-bond donors (Lipinski definition) is 1. The number of benzene rings is 2. The Bertz CT molecular complexity index is 711. The van der Waals surface area contributed by atoms with Gasteiger partial charge in [0.15, 0.2) is 11.5 Å². The summed E-state index contributed by atoms with van der Waals surface area (Å²) in [5, 5.41) is 3.67. The van der Waals surface area contributed by atoms with E-state index in [1.54, 1.807) is 32.4 Å². The van der Waals surface area contributed by atoms with E-state index >= 15 is 0 Å². The Hall–Kier alpha value is -2.20. The lowest BCUT2D eigenvalue weighted by Gasteiger charge is -2.26. The Morgan fingerprint density at radius 1 is 1.04 bits per heavy atom. The fourth-order valence-corrected chi connectivity index (χ4v) is 2.51. The van der Waals surface area contributed by atoms with E-state index in [4.69, 9.17) is 21.1 Å². The molecule has 1 amide bonds. The van der Waals surface area contributed by atoms with Crippen molar-refractivity contribution >= 4 is 17.5 Å². The number of ether oxygens (including phenoxy) is 2. The van der Waals surface area contributed by atoms with Gasteiger partial charge in [0.1, 0.15) is 0 Å². The summed E-state index contributed by atoms with van der Waals surface area (Å²) in [6, 6.07) is 12.8. The zero-order valence-corrected chi connectivity index (χ0v) is 15.1. The second kappa shape index (κ2) is 7.58. The number of carbonyl (C=O) groups excluding carboxylic acids is 1. The molecule has 0 atom stereocenters. The van der Waals surface area contributed by atoms with Crippen LogP contribution < -0.4 is 14.8 Å². The molecule has 0 spiro atoms. The average Bonchev–Trinajstić information content (AvgIpc) is 2.59. The van der Waals surface area contributed by atoms with Crippen LogP contribution in [0.25, 0.3) is 0 Å². The van der Waals surface area contributed by atoms with E-state index < -0.39 is 0 Å². The Labute approximate surface area is 147 Å². The molecule has 0 aromatic heterocycles. The Morgan fingerprint density at radius 3 is 2.25 bits per heavy atom. The zero-order chi connectivity index (χ0) is 17.7. The van der Waals surface area contributed by atoms with Gasteiger partial charge in [-0.2, -0.15) is 0 Å².